The Morgan fingerprint density at radius 1 is 1.17 bits per heavy atom. The molecule has 0 aliphatic carbocycles. The number of benzene rings is 2. The summed E-state index contributed by atoms with van der Waals surface area (Å²) in [6.45, 7) is 0. The number of halogens is 1. The van der Waals surface area contributed by atoms with Crippen LogP contribution in [0.3, 0.4) is 0 Å². The minimum Gasteiger partial charge on any atom is -0.495 e. The topological polar surface area (TPSA) is 63.7 Å². The van der Waals surface area contributed by atoms with E-state index in [1.165, 1.54) is 30.2 Å². The van der Waals surface area contributed by atoms with Gasteiger partial charge in [-0.25, -0.2) is 8.42 Å². The number of hydrogen-bond donors (Lipinski definition) is 0. The summed E-state index contributed by atoms with van der Waals surface area (Å²) < 4.78 is 29.8. The smallest absolute Gasteiger partial charge is 0.227 e. The molecule has 0 radical (unpaired) electrons. The highest BCUT2D eigenvalue weighted by molar-refractivity contribution is 7.91. The lowest BCUT2D eigenvalue weighted by Gasteiger charge is -2.17. The zero-order valence-corrected chi connectivity index (χ0v) is 15.0. The number of nitrogens with zero attached hydrogens (tertiary/aromatic N) is 1. The number of ether oxygens (including phenoxy) is 1. The summed E-state index contributed by atoms with van der Waals surface area (Å²) in [4.78, 5) is 13.7. The zero-order chi connectivity index (χ0) is 17.7. The molecule has 2 rings (SSSR count). The number of carbonyl (C=O) groups excluding carboxylic acids is 1. The molecule has 0 saturated carbocycles. The van der Waals surface area contributed by atoms with Crippen molar-refractivity contribution in [2.24, 2.45) is 0 Å². The van der Waals surface area contributed by atoms with E-state index in [-0.39, 0.29) is 28.0 Å². The van der Waals surface area contributed by atoms with E-state index < -0.39 is 9.84 Å². The first kappa shape index (κ1) is 18.3. The van der Waals surface area contributed by atoms with Gasteiger partial charge >= 0.3 is 0 Å². The number of methoxy groups -OCH3 is 1. The first-order valence-electron chi connectivity index (χ1n) is 7.23. The van der Waals surface area contributed by atoms with Crippen LogP contribution in [0.25, 0.3) is 0 Å². The minimum absolute atomic E-state index is 0.0727. The molecule has 128 valence electrons. The van der Waals surface area contributed by atoms with Gasteiger partial charge < -0.3 is 9.64 Å². The average Bonchev–Trinajstić information content (AvgIpc) is 2.59. The molecule has 0 aliphatic rings. The van der Waals surface area contributed by atoms with Crippen molar-refractivity contribution in [2.75, 3.05) is 24.8 Å². The van der Waals surface area contributed by atoms with Gasteiger partial charge in [0.05, 0.1) is 22.8 Å². The molecule has 0 bridgehead atoms. The SMILES string of the molecule is COc1ccc(S(=O)(=O)CCC(=O)N(C)c2ccccc2)cc1Cl. The van der Waals surface area contributed by atoms with Crippen molar-refractivity contribution < 1.29 is 17.9 Å². The van der Waals surface area contributed by atoms with Gasteiger partial charge in [-0.15, -0.1) is 0 Å². The minimum atomic E-state index is -3.61. The van der Waals surface area contributed by atoms with E-state index in [2.05, 4.69) is 0 Å². The van der Waals surface area contributed by atoms with Crippen LogP contribution in [0, 0.1) is 0 Å². The summed E-state index contributed by atoms with van der Waals surface area (Å²) in [5.41, 5.74) is 0.715. The number of anilines is 1. The maximum Gasteiger partial charge on any atom is 0.227 e. The highest BCUT2D eigenvalue weighted by atomic mass is 35.5. The predicted molar refractivity (Wildman–Crippen MR) is 94.5 cm³/mol. The summed E-state index contributed by atoms with van der Waals surface area (Å²) in [7, 11) is -0.535. The Morgan fingerprint density at radius 2 is 1.83 bits per heavy atom. The lowest BCUT2D eigenvalue weighted by atomic mass is 10.3. The molecule has 7 heteroatoms. The molecule has 0 atom stereocenters. The summed E-state index contributed by atoms with van der Waals surface area (Å²) in [6.07, 6.45) is -0.114. The Hall–Kier alpha value is -2.05. The van der Waals surface area contributed by atoms with Crippen LogP contribution in [0.4, 0.5) is 5.69 Å². The largest absolute Gasteiger partial charge is 0.495 e. The predicted octanol–water partition coefficient (Wildman–Crippen LogP) is 3.18. The number of para-hydroxylation sites is 1. The fourth-order valence-electron chi connectivity index (χ4n) is 2.14. The van der Waals surface area contributed by atoms with Gasteiger partial charge in [-0.05, 0) is 30.3 Å². The lowest BCUT2D eigenvalue weighted by molar-refractivity contribution is -0.117. The first-order chi connectivity index (χ1) is 11.3. The zero-order valence-electron chi connectivity index (χ0n) is 13.4. The number of hydrogen-bond acceptors (Lipinski definition) is 4. The Labute approximate surface area is 146 Å². The third kappa shape index (κ3) is 4.27. The van der Waals surface area contributed by atoms with Crippen LogP contribution >= 0.6 is 11.6 Å². The van der Waals surface area contributed by atoms with Gasteiger partial charge in [-0.2, -0.15) is 0 Å². The fourth-order valence-corrected chi connectivity index (χ4v) is 3.72. The molecule has 0 spiro atoms. The van der Waals surface area contributed by atoms with E-state index in [9.17, 15) is 13.2 Å². The van der Waals surface area contributed by atoms with Gasteiger partial charge in [0.15, 0.2) is 9.84 Å². The molecule has 2 aromatic rings. The van der Waals surface area contributed by atoms with E-state index in [4.69, 9.17) is 16.3 Å². The Morgan fingerprint density at radius 3 is 2.42 bits per heavy atom. The molecule has 0 N–H and O–H groups in total. The maximum atomic E-state index is 12.4. The molecule has 0 aliphatic heterocycles. The van der Waals surface area contributed by atoms with Crippen LogP contribution in [0.15, 0.2) is 53.4 Å². The number of rotatable bonds is 6. The van der Waals surface area contributed by atoms with Crippen molar-refractivity contribution >= 4 is 33.0 Å². The Bertz CT molecular complexity index is 822. The summed E-state index contributed by atoms with van der Waals surface area (Å²) in [6, 6.07) is 13.3. The van der Waals surface area contributed by atoms with Crippen LogP contribution in [0.2, 0.25) is 5.02 Å². The van der Waals surface area contributed by atoms with Crippen molar-refractivity contribution in [2.45, 2.75) is 11.3 Å². The monoisotopic (exact) mass is 367 g/mol. The van der Waals surface area contributed by atoms with Gasteiger partial charge in [-0.3, -0.25) is 4.79 Å². The maximum absolute atomic E-state index is 12.4. The highest BCUT2D eigenvalue weighted by Gasteiger charge is 2.20. The normalized spacial score (nSPS) is 11.1. The molecule has 0 heterocycles. The van der Waals surface area contributed by atoms with E-state index >= 15 is 0 Å². The van der Waals surface area contributed by atoms with Crippen molar-refractivity contribution in [1.29, 1.82) is 0 Å². The molecule has 2 aromatic carbocycles. The number of sulfone groups is 1. The van der Waals surface area contributed by atoms with Gasteiger partial charge in [0.1, 0.15) is 5.75 Å². The molecular formula is C17H18ClNO4S. The molecule has 5 nitrogen and oxygen atoms in total. The molecule has 0 aromatic heterocycles. The van der Waals surface area contributed by atoms with E-state index in [1.807, 2.05) is 18.2 Å². The molecule has 1 amide bonds. The quantitative estimate of drug-likeness (QED) is 0.786. The molecule has 0 saturated heterocycles. The molecule has 0 fully saturated rings. The van der Waals surface area contributed by atoms with Crippen LogP contribution in [-0.2, 0) is 14.6 Å². The van der Waals surface area contributed by atoms with E-state index in [1.54, 1.807) is 19.2 Å². The molecular weight excluding hydrogens is 350 g/mol. The van der Waals surface area contributed by atoms with Gasteiger partial charge in [0.25, 0.3) is 0 Å². The molecule has 0 unspecified atom stereocenters. The summed E-state index contributed by atoms with van der Waals surface area (Å²) >= 11 is 5.96. The third-order valence-electron chi connectivity index (χ3n) is 3.58. The Balaban J connectivity index is 2.07. The first-order valence-corrected chi connectivity index (χ1v) is 9.26. The van der Waals surface area contributed by atoms with Crippen LogP contribution < -0.4 is 9.64 Å². The highest BCUT2D eigenvalue weighted by Crippen LogP contribution is 2.27. The van der Waals surface area contributed by atoms with Gasteiger partial charge in [0.2, 0.25) is 5.91 Å². The van der Waals surface area contributed by atoms with Crippen molar-refractivity contribution in [3.8, 4) is 5.75 Å². The second-order valence-electron chi connectivity index (χ2n) is 5.15. The second kappa shape index (κ2) is 7.68. The van der Waals surface area contributed by atoms with E-state index in [0.29, 0.717) is 11.4 Å². The van der Waals surface area contributed by atoms with Crippen LogP contribution in [0.5, 0.6) is 5.75 Å². The van der Waals surface area contributed by atoms with Crippen molar-refractivity contribution in [3.05, 3.63) is 53.6 Å². The van der Waals surface area contributed by atoms with Gasteiger partial charge in [0, 0.05) is 19.2 Å². The van der Waals surface area contributed by atoms with Crippen molar-refractivity contribution in [1.82, 2.24) is 0 Å². The van der Waals surface area contributed by atoms with Gasteiger partial charge in [-0.1, -0.05) is 29.8 Å². The average molecular weight is 368 g/mol. The number of amides is 1. The van der Waals surface area contributed by atoms with E-state index in [0.717, 1.165) is 0 Å². The number of carbonyl (C=O) groups is 1. The second-order valence-corrected chi connectivity index (χ2v) is 7.67. The standard InChI is InChI=1S/C17H18ClNO4S/c1-19(13-6-4-3-5-7-13)17(20)10-11-24(21,22)14-8-9-16(23-2)15(18)12-14/h3-9,12H,10-11H2,1-2H3. The molecule has 24 heavy (non-hydrogen) atoms. The third-order valence-corrected chi connectivity index (χ3v) is 5.59. The summed E-state index contributed by atoms with van der Waals surface area (Å²) in [5, 5.41) is 0.214. The van der Waals surface area contributed by atoms with Crippen molar-refractivity contribution in [3.63, 3.8) is 0 Å². The van der Waals surface area contributed by atoms with Crippen LogP contribution in [0.1, 0.15) is 6.42 Å². The summed E-state index contributed by atoms with van der Waals surface area (Å²) in [5.74, 6) is -0.161. The lowest BCUT2D eigenvalue weighted by Crippen LogP contribution is -2.28. The fraction of sp³-hybridized carbons (Fsp3) is 0.235. The van der Waals surface area contributed by atoms with Crippen LogP contribution in [-0.4, -0.2) is 34.2 Å². The Kier molecular flexibility index (Phi) is 5.85.